The number of nitrogens with two attached hydrogens (primary N) is 1. The lowest BCUT2D eigenvalue weighted by atomic mass is 9.97. The number of primary amides is 1. The highest BCUT2D eigenvalue weighted by atomic mass is 32.2. The summed E-state index contributed by atoms with van der Waals surface area (Å²) < 4.78 is 21.7. The lowest BCUT2D eigenvalue weighted by Crippen LogP contribution is -2.16. The molecule has 5 heteroatoms. The molecule has 0 aromatic carbocycles. The van der Waals surface area contributed by atoms with Crippen molar-refractivity contribution in [3.05, 3.63) is 0 Å². The van der Waals surface area contributed by atoms with E-state index >= 15 is 0 Å². The van der Waals surface area contributed by atoms with Gasteiger partial charge in [0.1, 0.15) is 0 Å². The van der Waals surface area contributed by atoms with Crippen LogP contribution in [0.5, 0.6) is 0 Å². The van der Waals surface area contributed by atoms with Crippen LogP contribution in [-0.2, 0) is 15.1 Å². The molecule has 4 nitrogen and oxygen atoms in total. The summed E-state index contributed by atoms with van der Waals surface area (Å²) in [6.07, 6.45) is 6.97. The fraction of sp³-hybridized carbons (Fsp3) is 0.846. The van der Waals surface area contributed by atoms with E-state index < -0.39 is 16.2 Å². The predicted octanol–water partition coefficient (Wildman–Crippen LogP) is 2.30. The smallest absolute Gasteiger partial charge is 0.222 e. The van der Waals surface area contributed by atoms with Crippen LogP contribution in [0.2, 0.25) is 0 Å². The van der Waals surface area contributed by atoms with Crippen LogP contribution in [0.15, 0.2) is 0 Å². The van der Waals surface area contributed by atoms with Crippen LogP contribution in [0.3, 0.4) is 0 Å². The van der Waals surface area contributed by atoms with E-state index in [1.165, 1.54) is 19.3 Å². The largest absolute Gasteiger partial charge is 0.369 e. The van der Waals surface area contributed by atoms with Gasteiger partial charge in [0.2, 0.25) is 16.2 Å². The van der Waals surface area contributed by atoms with Crippen molar-refractivity contribution < 1.29 is 13.2 Å². The van der Waals surface area contributed by atoms with Crippen LogP contribution < -0.4 is 5.73 Å². The number of unbranched alkanes of at least 4 members (excludes halogenated alkanes) is 2. The maximum absolute atomic E-state index is 10.9. The summed E-state index contributed by atoms with van der Waals surface area (Å²) in [5.74, 6) is 0.118. The van der Waals surface area contributed by atoms with Gasteiger partial charge >= 0.3 is 0 Å². The first-order valence-corrected chi connectivity index (χ1v) is 7.77. The molecule has 106 valence electrons. The second kappa shape index (κ2) is 10.1. The Morgan fingerprint density at radius 1 is 1.17 bits per heavy atom. The van der Waals surface area contributed by atoms with Crippen LogP contribution in [0.1, 0.15) is 65.2 Å². The maximum Gasteiger partial charge on any atom is 0.222 e. The van der Waals surface area contributed by atoms with E-state index in [1.807, 2.05) is 0 Å². The average Bonchev–Trinajstić information content (AvgIpc) is 2.29. The van der Waals surface area contributed by atoms with Crippen molar-refractivity contribution in [2.45, 2.75) is 65.2 Å². The molecule has 0 aromatic rings. The molecular formula is C13H25NO3S. The van der Waals surface area contributed by atoms with Gasteiger partial charge in [-0.2, -0.15) is 8.42 Å². The van der Waals surface area contributed by atoms with Gasteiger partial charge < -0.3 is 5.73 Å². The number of carbonyl (C=O) groups is 1. The van der Waals surface area contributed by atoms with E-state index in [0.717, 1.165) is 19.3 Å². The van der Waals surface area contributed by atoms with E-state index in [9.17, 15) is 13.2 Å². The molecule has 0 radical (unpaired) electrons. The molecule has 0 rings (SSSR count). The molecule has 0 aliphatic rings. The standard InChI is InChI=1S/C13H25NO3S/c1-3-4-7-11(2)8-5-6-9-12(18(16)17)10-13(14)15/h11H,3-10H2,1-2H3,(H2,14,15). The number of rotatable bonds is 10. The average molecular weight is 275 g/mol. The van der Waals surface area contributed by atoms with Gasteiger partial charge in [0.25, 0.3) is 0 Å². The number of carbonyl (C=O) groups excluding carboxylic acids is 1. The Balaban J connectivity index is 3.88. The third kappa shape index (κ3) is 9.22. The highest BCUT2D eigenvalue weighted by molar-refractivity contribution is 7.73. The molecule has 0 aliphatic carbocycles. The van der Waals surface area contributed by atoms with E-state index in [1.54, 1.807) is 0 Å². The molecule has 0 bridgehead atoms. The zero-order chi connectivity index (χ0) is 14.0. The lowest BCUT2D eigenvalue weighted by molar-refractivity contribution is -0.116. The molecule has 0 saturated heterocycles. The van der Waals surface area contributed by atoms with Gasteiger partial charge in [-0.1, -0.05) is 46.0 Å². The Hall–Kier alpha value is -0.840. The van der Waals surface area contributed by atoms with E-state index in [2.05, 4.69) is 13.8 Å². The van der Waals surface area contributed by atoms with Gasteiger partial charge in [0.05, 0.1) is 11.3 Å². The van der Waals surface area contributed by atoms with Crippen LogP contribution in [-0.4, -0.2) is 19.2 Å². The summed E-state index contributed by atoms with van der Waals surface area (Å²) in [5.41, 5.74) is 5.01. The summed E-state index contributed by atoms with van der Waals surface area (Å²) in [7, 11) is -2.28. The molecule has 18 heavy (non-hydrogen) atoms. The summed E-state index contributed by atoms with van der Waals surface area (Å²) in [6, 6.07) is 0. The molecule has 0 heterocycles. The van der Waals surface area contributed by atoms with Crippen LogP contribution in [0.25, 0.3) is 0 Å². The summed E-state index contributed by atoms with van der Waals surface area (Å²) in [4.78, 5) is 10.9. The molecule has 1 atom stereocenters. The quantitative estimate of drug-likeness (QED) is 0.491. The number of hydrogen-bond donors (Lipinski definition) is 1. The minimum atomic E-state index is -2.28. The molecule has 0 spiro atoms. The molecule has 2 N–H and O–H groups in total. The first-order chi connectivity index (χ1) is 8.47. The van der Waals surface area contributed by atoms with Crippen molar-refractivity contribution in [1.29, 1.82) is 0 Å². The summed E-state index contributed by atoms with van der Waals surface area (Å²) in [5, 5.41) is 0. The molecule has 0 saturated carbocycles. The van der Waals surface area contributed by atoms with Crippen molar-refractivity contribution in [2.24, 2.45) is 11.7 Å². The summed E-state index contributed by atoms with van der Waals surface area (Å²) in [6.45, 7) is 4.41. The highest BCUT2D eigenvalue weighted by Crippen LogP contribution is 2.16. The molecule has 0 fully saturated rings. The number of hydrogen-bond acceptors (Lipinski definition) is 3. The molecule has 1 amide bonds. The van der Waals surface area contributed by atoms with Crippen molar-refractivity contribution in [3.63, 3.8) is 0 Å². The van der Waals surface area contributed by atoms with Crippen molar-refractivity contribution in [3.8, 4) is 0 Å². The Bertz CT molecular complexity index is 366. The zero-order valence-corrected chi connectivity index (χ0v) is 12.3. The lowest BCUT2D eigenvalue weighted by Gasteiger charge is -2.09. The topological polar surface area (TPSA) is 77.2 Å². The Morgan fingerprint density at radius 2 is 1.78 bits per heavy atom. The molecule has 0 aromatic heterocycles. The van der Waals surface area contributed by atoms with Crippen LogP contribution in [0, 0.1) is 5.92 Å². The third-order valence-corrected chi connectivity index (χ3v) is 3.88. The Labute approximate surface area is 111 Å². The molecule has 0 aliphatic heterocycles. The van der Waals surface area contributed by atoms with Crippen LogP contribution >= 0.6 is 0 Å². The third-order valence-electron chi connectivity index (χ3n) is 3.06. The number of amides is 1. The summed E-state index contributed by atoms with van der Waals surface area (Å²) >= 11 is 0. The van der Waals surface area contributed by atoms with Gasteiger partial charge in [-0.25, -0.2) is 0 Å². The van der Waals surface area contributed by atoms with Gasteiger partial charge in [-0.05, 0) is 18.8 Å². The Morgan fingerprint density at radius 3 is 2.28 bits per heavy atom. The monoisotopic (exact) mass is 275 g/mol. The fourth-order valence-corrected chi connectivity index (χ4v) is 2.51. The van der Waals surface area contributed by atoms with Crippen LogP contribution in [0.4, 0.5) is 0 Å². The second-order valence-electron chi connectivity index (χ2n) is 4.91. The highest BCUT2D eigenvalue weighted by Gasteiger charge is 2.07. The predicted molar refractivity (Wildman–Crippen MR) is 74.9 cm³/mol. The normalized spacial score (nSPS) is 12.1. The second-order valence-corrected chi connectivity index (χ2v) is 5.96. The SMILES string of the molecule is CCCCC(C)CCCCC(CC(N)=O)=S(=O)=O. The van der Waals surface area contributed by atoms with Crippen molar-refractivity contribution >= 4 is 21.1 Å². The van der Waals surface area contributed by atoms with E-state index in [0.29, 0.717) is 12.3 Å². The van der Waals surface area contributed by atoms with Crippen molar-refractivity contribution in [1.82, 2.24) is 0 Å². The minimum absolute atomic E-state index is 0.137. The van der Waals surface area contributed by atoms with Crippen molar-refractivity contribution in [2.75, 3.05) is 0 Å². The molecule has 1 unspecified atom stereocenters. The Kier molecular flexibility index (Phi) is 9.64. The van der Waals surface area contributed by atoms with E-state index in [4.69, 9.17) is 5.73 Å². The maximum atomic E-state index is 10.9. The zero-order valence-electron chi connectivity index (χ0n) is 11.4. The minimum Gasteiger partial charge on any atom is -0.369 e. The van der Waals surface area contributed by atoms with Gasteiger partial charge in [-0.3, -0.25) is 4.79 Å². The fourth-order valence-electron chi connectivity index (χ4n) is 1.94. The van der Waals surface area contributed by atoms with Gasteiger partial charge in [0.15, 0.2) is 0 Å². The van der Waals surface area contributed by atoms with Gasteiger partial charge in [-0.15, -0.1) is 0 Å². The first kappa shape index (κ1) is 17.2. The van der Waals surface area contributed by atoms with Gasteiger partial charge in [0, 0.05) is 0 Å². The first-order valence-electron chi connectivity index (χ1n) is 6.69. The van der Waals surface area contributed by atoms with E-state index in [-0.39, 0.29) is 11.3 Å². The molecular weight excluding hydrogens is 250 g/mol.